The molecule has 0 heterocycles. The summed E-state index contributed by atoms with van der Waals surface area (Å²) >= 11 is 28.9. The third kappa shape index (κ3) is 9.72. The average molecular weight is 525 g/mol. The number of carbonyl (C=O) groups is 2. The molecule has 31 heavy (non-hydrogen) atoms. The van der Waals surface area contributed by atoms with E-state index in [1.807, 2.05) is 32.0 Å². The van der Waals surface area contributed by atoms with E-state index in [1.165, 1.54) is 0 Å². The minimum atomic E-state index is -1.87. The van der Waals surface area contributed by atoms with Gasteiger partial charge in [0.15, 0.2) is 10.1 Å². The first kappa shape index (κ1) is 28.3. The maximum absolute atomic E-state index is 11.9. The van der Waals surface area contributed by atoms with Crippen LogP contribution in [0.25, 0.3) is 0 Å². The molecular weight excluding hydrogens is 498 g/mol. The molecule has 0 saturated carbocycles. The van der Waals surface area contributed by atoms with E-state index in [2.05, 4.69) is 6.92 Å². The molecule has 0 aliphatic rings. The van der Waals surface area contributed by atoms with Crippen molar-refractivity contribution in [3.8, 4) is 0 Å². The molecule has 2 rings (SSSR count). The van der Waals surface area contributed by atoms with Gasteiger partial charge in [-0.2, -0.15) is 0 Å². The van der Waals surface area contributed by atoms with Crippen LogP contribution >= 0.6 is 58.0 Å². The molecule has 0 saturated heterocycles. The Morgan fingerprint density at radius 1 is 0.839 bits per heavy atom. The first-order chi connectivity index (χ1) is 14.4. The van der Waals surface area contributed by atoms with Gasteiger partial charge in [-0.15, -0.1) is 0 Å². The number of unbranched alkanes of at least 4 members (excludes halogenated alkanes) is 1. The van der Waals surface area contributed by atoms with Gasteiger partial charge >= 0.3 is 0 Å². The Bertz CT molecular complexity index is 843. The molecule has 0 aliphatic carbocycles. The molecule has 0 N–H and O–H groups in total. The number of aryl methyl sites for hydroxylation is 1. The highest BCUT2D eigenvalue weighted by atomic mass is 35.6. The molecule has 0 spiro atoms. The lowest BCUT2D eigenvalue weighted by Gasteiger charge is -2.20. The number of Topliss-reactive ketones (excluding diaryl/α,β-unsaturated/α-hetero) is 2. The van der Waals surface area contributed by atoms with E-state index in [0.29, 0.717) is 17.5 Å². The number of rotatable bonds is 8. The summed E-state index contributed by atoms with van der Waals surface area (Å²) in [5.41, 5.74) is 2.01. The summed E-state index contributed by atoms with van der Waals surface area (Å²) in [6, 6.07) is 16.2. The topological polar surface area (TPSA) is 34.1 Å². The van der Waals surface area contributed by atoms with Gasteiger partial charge in [0.1, 0.15) is 0 Å². The molecule has 2 nitrogen and oxygen atoms in total. The normalized spacial score (nSPS) is 11.6. The minimum Gasteiger partial charge on any atom is -0.291 e. The van der Waals surface area contributed by atoms with Crippen LogP contribution in [0.15, 0.2) is 54.6 Å². The summed E-state index contributed by atoms with van der Waals surface area (Å²) in [6.07, 6.45) is 3.38. The zero-order valence-electron chi connectivity index (χ0n) is 17.8. The van der Waals surface area contributed by atoms with E-state index in [0.717, 1.165) is 24.8 Å². The van der Waals surface area contributed by atoms with Crippen LogP contribution in [0.4, 0.5) is 0 Å². The highest BCUT2D eigenvalue weighted by molar-refractivity contribution is 6.77. The third-order valence-electron chi connectivity index (χ3n) is 4.35. The van der Waals surface area contributed by atoms with Gasteiger partial charge < -0.3 is 0 Å². The van der Waals surface area contributed by atoms with Crippen molar-refractivity contribution in [1.82, 2.24) is 0 Å². The molecule has 7 heteroatoms. The smallest absolute Gasteiger partial charge is 0.253 e. The Hall–Kier alpha value is -0.770. The predicted molar refractivity (Wildman–Crippen MR) is 134 cm³/mol. The summed E-state index contributed by atoms with van der Waals surface area (Å²) in [4.78, 5) is 23.8. The van der Waals surface area contributed by atoms with Crippen LogP contribution in [0.1, 0.15) is 66.3 Å². The van der Waals surface area contributed by atoms with Crippen LogP contribution in [0.5, 0.6) is 0 Å². The fourth-order valence-electron chi connectivity index (χ4n) is 2.89. The Morgan fingerprint density at radius 2 is 1.39 bits per heavy atom. The van der Waals surface area contributed by atoms with Gasteiger partial charge in [-0.25, -0.2) is 0 Å². The molecule has 0 atom stereocenters. The van der Waals surface area contributed by atoms with Crippen molar-refractivity contribution in [2.24, 2.45) is 5.92 Å². The number of benzene rings is 2. The van der Waals surface area contributed by atoms with Crippen molar-refractivity contribution in [3.63, 3.8) is 0 Å². The summed E-state index contributed by atoms with van der Waals surface area (Å²) in [5.74, 6) is -0.392. The standard InChI is InChI=1S/C12H13Cl3O.C12H14Cl2O/c1-2-3-6-9-7-4-5-8-10(9)11(16)12(13,14)15;1-9(2)8-12(13,14)11(15)10-6-4-3-5-7-10/h4-5,7-8H,2-3,6H2,1H3;3-7,9H,8H2,1-2H3. The second kappa shape index (κ2) is 13.1. The SMILES string of the molecule is CC(C)CC(Cl)(Cl)C(=O)c1ccccc1.CCCCc1ccccc1C(=O)C(Cl)(Cl)Cl. The van der Waals surface area contributed by atoms with E-state index in [1.54, 1.807) is 36.4 Å². The number of carbonyl (C=O) groups excluding carboxylic acids is 2. The predicted octanol–water partition coefficient (Wildman–Crippen LogP) is 8.67. The maximum Gasteiger partial charge on any atom is 0.253 e. The van der Waals surface area contributed by atoms with Gasteiger partial charge in [-0.3, -0.25) is 9.59 Å². The minimum absolute atomic E-state index is 0.222. The molecule has 2 aromatic carbocycles. The number of halogens is 5. The number of alkyl halides is 5. The molecule has 0 fully saturated rings. The number of hydrogen-bond acceptors (Lipinski definition) is 2. The first-order valence-electron chi connectivity index (χ1n) is 10.1. The molecular formula is C24H27Cl5O2. The van der Waals surface area contributed by atoms with Gasteiger partial charge in [0, 0.05) is 11.1 Å². The lowest BCUT2D eigenvalue weighted by atomic mass is 9.99. The molecule has 0 unspecified atom stereocenters. The summed E-state index contributed by atoms with van der Waals surface area (Å²) in [5, 5.41) is 0. The van der Waals surface area contributed by atoms with E-state index < -0.39 is 13.9 Å². The molecule has 0 aliphatic heterocycles. The van der Waals surface area contributed by atoms with E-state index in [4.69, 9.17) is 58.0 Å². The quantitative estimate of drug-likeness (QED) is 0.256. The highest BCUT2D eigenvalue weighted by Gasteiger charge is 2.35. The monoisotopic (exact) mass is 522 g/mol. The van der Waals surface area contributed by atoms with E-state index >= 15 is 0 Å². The van der Waals surface area contributed by atoms with Crippen molar-refractivity contribution in [3.05, 3.63) is 71.3 Å². The van der Waals surface area contributed by atoms with Gasteiger partial charge in [-0.1, -0.05) is 140 Å². The van der Waals surface area contributed by atoms with Crippen LogP contribution in [0.2, 0.25) is 0 Å². The van der Waals surface area contributed by atoms with Gasteiger partial charge in [-0.05, 0) is 30.7 Å². The number of ketones is 2. The maximum atomic E-state index is 11.9. The zero-order chi connectivity index (χ0) is 23.7. The van der Waals surface area contributed by atoms with Crippen LogP contribution in [-0.4, -0.2) is 19.7 Å². The first-order valence-corrected chi connectivity index (χ1v) is 12.0. The van der Waals surface area contributed by atoms with Crippen LogP contribution < -0.4 is 0 Å². The molecule has 0 aromatic heterocycles. The van der Waals surface area contributed by atoms with Crippen molar-refractivity contribution < 1.29 is 9.59 Å². The average Bonchev–Trinajstić information content (AvgIpc) is 2.71. The lowest BCUT2D eigenvalue weighted by Crippen LogP contribution is -2.27. The van der Waals surface area contributed by atoms with Crippen molar-refractivity contribution in [1.29, 1.82) is 0 Å². The molecule has 0 radical (unpaired) electrons. The second-order valence-electron chi connectivity index (χ2n) is 7.59. The Balaban J connectivity index is 0.000000311. The molecule has 0 amide bonds. The number of hydrogen-bond donors (Lipinski definition) is 0. The summed E-state index contributed by atoms with van der Waals surface area (Å²) in [7, 11) is 0. The van der Waals surface area contributed by atoms with Gasteiger partial charge in [0.2, 0.25) is 5.78 Å². The van der Waals surface area contributed by atoms with Crippen LogP contribution in [0, 0.1) is 5.92 Å². The van der Waals surface area contributed by atoms with Crippen molar-refractivity contribution in [2.45, 2.75) is 54.6 Å². The van der Waals surface area contributed by atoms with Gasteiger partial charge in [0.25, 0.3) is 3.79 Å². The summed E-state index contributed by atoms with van der Waals surface area (Å²) in [6.45, 7) is 6.06. The zero-order valence-corrected chi connectivity index (χ0v) is 21.6. The van der Waals surface area contributed by atoms with Crippen molar-refractivity contribution >= 4 is 69.6 Å². The highest BCUT2D eigenvalue weighted by Crippen LogP contribution is 2.33. The Morgan fingerprint density at radius 3 is 1.90 bits per heavy atom. The van der Waals surface area contributed by atoms with Crippen LogP contribution in [0.3, 0.4) is 0 Å². The fourth-order valence-corrected chi connectivity index (χ4v) is 4.03. The Kier molecular flexibility index (Phi) is 11.9. The summed E-state index contributed by atoms with van der Waals surface area (Å²) < 4.78 is -3.18. The third-order valence-corrected chi connectivity index (χ3v) is 5.52. The largest absolute Gasteiger partial charge is 0.291 e. The fraction of sp³-hybridized carbons (Fsp3) is 0.417. The lowest BCUT2D eigenvalue weighted by molar-refractivity contribution is 0.0962. The molecule has 170 valence electrons. The molecule has 0 bridgehead atoms. The van der Waals surface area contributed by atoms with E-state index in [9.17, 15) is 9.59 Å². The molecule has 2 aromatic rings. The van der Waals surface area contributed by atoms with E-state index in [-0.39, 0.29) is 11.7 Å². The second-order valence-corrected chi connectivity index (χ2v) is 11.4. The van der Waals surface area contributed by atoms with Crippen molar-refractivity contribution in [2.75, 3.05) is 0 Å². The Labute approximate surface area is 210 Å². The van der Waals surface area contributed by atoms with Crippen LogP contribution in [-0.2, 0) is 6.42 Å². The van der Waals surface area contributed by atoms with Gasteiger partial charge in [0.05, 0.1) is 0 Å².